The minimum absolute atomic E-state index is 0.0316. The summed E-state index contributed by atoms with van der Waals surface area (Å²) in [4.78, 5) is 21.3. The molecule has 1 atom stereocenters. The zero-order valence-electron chi connectivity index (χ0n) is 13.6. The Morgan fingerprint density at radius 3 is 2.87 bits per heavy atom. The lowest BCUT2D eigenvalue weighted by Gasteiger charge is -2.24. The molecular weight excluding hydrogens is 314 g/mol. The number of hydrogen-bond acceptors (Lipinski definition) is 4. The predicted octanol–water partition coefficient (Wildman–Crippen LogP) is 2.83. The van der Waals surface area contributed by atoms with Crippen molar-refractivity contribution in [2.24, 2.45) is 5.92 Å². The smallest absolute Gasteiger partial charge is 0.254 e. The van der Waals surface area contributed by atoms with Gasteiger partial charge in [0.05, 0.1) is 6.61 Å². The van der Waals surface area contributed by atoms with E-state index in [9.17, 15) is 4.79 Å². The molecule has 126 valence electrons. The Morgan fingerprint density at radius 1 is 1.43 bits per heavy atom. The van der Waals surface area contributed by atoms with E-state index in [1.54, 1.807) is 6.07 Å². The van der Waals surface area contributed by atoms with E-state index in [4.69, 9.17) is 16.3 Å². The van der Waals surface area contributed by atoms with E-state index in [1.807, 2.05) is 17.9 Å². The van der Waals surface area contributed by atoms with Gasteiger partial charge in [0.2, 0.25) is 0 Å². The molecule has 23 heavy (non-hydrogen) atoms. The number of anilines is 1. The minimum Gasteiger partial charge on any atom is -0.381 e. The van der Waals surface area contributed by atoms with Crippen molar-refractivity contribution in [1.82, 2.24) is 9.88 Å². The molecule has 2 saturated heterocycles. The number of halogens is 1. The van der Waals surface area contributed by atoms with E-state index in [-0.39, 0.29) is 5.91 Å². The molecule has 1 amide bonds. The summed E-state index contributed by atoms with van der Waals surface area (Å²) in [7, 11) is 0. The van der Waals surface area contributed by atoms with Crippen LogP contribution in [0, 0.1) is 5.92 Å². The summed E-state index contributed by atoms with van der Waals surface area (Å²) in [5, 5.41) is 0.387. The van der Waals surface area contributed by atoms with Crippen molar-refractivity contribution in [3.63, 3.8) is 0 Å². The molecule has 0 saturated carbocycles. The van der Waals surface area contributed by atoms with Gasteiger partial charge < -0.3 is 14.5 Å². The van der Waals surface area contributed by atoms with Gasteiger partial charge in [-0.25, -0.2) is 4.98 Å². The molecule has 3 rings (SSSR count). The fraction of sp³-hybridized carbons (Fsp3) is 0.647. The van der Waals surface area contributed by atoms with Crippen LogP contribution in [0.15, 0.2) is 12.1 Å². The number of amides is 1. The third-order valence-corrected chi connectivity index (χ3v) is 4.82. The van der Waals surface area contributed by atoms with Crippen LogP contribution in [0.5, 0.6) is 0 Å². The third-order valence-electron chi connectivity index (χ3n) is 4.63. The second kappa shape index (κ2) is 7.49. The fourth-order valence-electron chi connectivity index (χ4n) is 3.29. The molecule has 1 aromatic rings. The van der Waals surface area contributed by atoms with Gasteiger partial charge in [-0.05, 0) is 38.3 Å². The molecule has 2 aliphatic heterocycles. The summed E-state index contributed by atoms with van der Waals surface area (Å²) in [6.45, 7) is 6.97. The summed E-state index contributed by atoms with van der Waals surface area (Å²) in [5.74, 6) is 1.29. The lowest BCUT2D eigenvalue weighted by Crippen LogP contribution is -2.35. The van der Waals surface area contributed by atoms with Crippen molar-refractivity contribution in [2.45, 2.75) is 26.2 Å². The summed E-state index contributed by atoms with van der Waals surface area (Å²) in [6.07, 6.45) is 3.36. The molecule has 1 aromatic heterocycles. The number of nitrogens with zero attached hydrogens (tertiary/aromatic N) is 3. The Hall–Kier alpha value is -1.33. The summed E-state index contributed by atoms with van der Waals surface area (Å²) in [5.41, 5.74) is 0.632. The first-order valence-electron chi connectivity index (χ1n) is 8.47. The van der Waals surface area contributed by atoms with Crippen molar-refractivity contribution >= 4 is 23.3 Å². The summed E-state index contributed by atoms with van der Waals surface area (Å²) in [6, 6.07) is 3.56. The SMILES string of the molecule is CCN(CC1CCOC1)C(=O)c1cc(Cl)nc(N2CCCC2)c1. The van der Waals surface area contributed by atoms with Crippen LogP contribution in [0.4, 0.5) is 5.82 Å². The highest BCUT2D eigenvalue weighted by Crippen LogP contribution is 2.23. The molecule has 3 heterocycles. The Kier molecular flexibility index (Phi) is 5.38. The standard InChI is InChI=1S/C17H24ClN3O2/c1-2-20(11-13-5-8-23-12-13)17(22)14-9-15(18)19-16(10-14)21-6-3-4-7-21/h9-10,13H,2-8,11-12H2,1H3. The molecule has 6 heteroatoms. The average molecular weight is 338 g/mol. The van der Waals surface area contributed by atoms with Crippen molar-refractivity contribution in [3.8, 4) is 0 Å². The second-order valence-corrected chi connectivity index (χ2v) is 6.69. The van der Waals surface area contributed by atoms with Crippen molar-refractivity contribution < 1.29 is 9.53 Å². The van der Waals surface area contributed by atoms with Gasteiger partial charge in [-0.15, -0.1) is 0 Å². The van der Waals surface area contributed by atoms with E-state index in [0.717, 1.165) is 45.1 Å². The third kappa shape index (κ3) is 3.96. The topological polar surface area (TPSA) is 45.7 Å². The highest BCUT2D eigenvalue weighted by Gasteiger charge is 2.24. The number of carbonyl (C=O) groups is 1. The van der Waals surface area contributed by atoms with Crippen molar-refractivity contribution in [2.75, 3.05) is 44.3 Å². The van der Waals surface area contributed by atoms with Gasteiger partial charge >= 0.3 is 0 Å². The van der Waals surface area contributed by atoms with E-state index in [2.05, 4.69) is 9.88 Å². The second-order valence-electron chi connectivity index (χ2n) is 6.30. The van der Waals surface area contributed by atoms with Gasteiger partial charge in [-0.2, -0.15) is 0 Å². The number of aromatic nitrogens is 1. The van der Waals surface area contributed by atoms with E-state index < -0.39 is 0 Å². The van der Waals surface area contributed by atoms with Gasteiger partial charge in [0.25, 0.3) is 5.91 Å². The van der Waals surface area contributed by atoms with Crippen LogP contribution in [-0.4, -0.2) is 55.2 Å². The van der Waals surface area contributed by atoms with Crippen LogP contribution < -0.4 is 4.90 Å². The molecule has 0 N–H and O–H groups in total. The monoisotopic (exact) mass is 337 g/mol. The molecule has 1 unspecified atom stereocenters. The zero-order chi connectivity index (χ0) is 16.2. The largest absolute Gasteiger partial charge is 0.381 e. The molecule has 0 spiro atoms. The lowest BCUT2D eigenvalue weighted by molar-refractivity contribution is 0.0730. The first kappa shape index (κ1) is 16.5. The van der Waals surface area contributed by atoms with Crippen LogP contribution in [0.1, 0.15) is 36.5 Å². The van der Waals surface area contributed by atoms with Gasteiger partial charge in [0.1, 0.15) is 11.0 Å². The summed E-state index contributed by atoms with van der Waals surface area (Å²) >= 11 is 6.16. The normalized spacial score (nSPS) is 21.0. The van der Waals surface area contributed by atoms with Crippen molar-refractivity contribution in [1.29, 1.82) is 0 Å². The van der Waals surface area contributed by atoms with Gasteiger partial charge in [0, 0.05) is 44.3 Å². The first-order chi connectivity index (χ1) is 11.2. The molecule has 0 aromatic carbocycles. The fourth-order valence-corrected chi connectivity index (χ4v) is 3.50. The number of carbonyl (C=O) groups excluding carboxylic acids is 1. The minimum atomic E-state index is 0.0316. The Morgan fingerprint density at radius 2 is 2.22 bits per heavy atom. The molecule has 2 aliphatic rings. The van der Waals surface area contributed by atoms with Crippen LogP contribution >= 0.6 is 11.6 Å². The zero-order valence-corrected chi connectivity index (χ0v) is 14.4. The Bertz CT molecular complexity index is 555. The molecule has 2 fully saturated rings. The van der Waals surface area contributed by atoms with Gasteiger partial charge in [-0.3, -0.25) is 4.79 Å². The highest BCUT2D eigenvalue weighted by molar-refractivity contribution is 6.29. The number of ether oxygens (including phenoxy) is 1. The Labute approximate surface area is 142 Å². The number of rotatable bonds is 5. The van der Waals surface area contributed by atoms with Gasteiger partial charge in [0.15, 0.2) is 0 Å². The first-order valence-corrected chi connectivity index (χ1v) is 8.84. The molecule has 0 radical (unpaired) electrons. The Balaban J connectivity index is 1.76. The highest BCUT2D eigenvalue weighted by atomic mass is 35.5. The number of pyridine rings is 1. The van der Waals surface area contributed by atoms with Crippen LogP contribution in [0.3, 0.4) is 0 Å². The molecular formula is C17H24ClN3O2. The van der Waals surface area contributed by atoms with E-state index in [0.29, 0.717) is 23.2 Å². The molecule has 0 aliphatic carbocycles. The van der Waals surface area contributed by atoms with E-state index >= 15 is 0 Å². The predicted molar refractivity (Wildman–Crippen MR) is 91.2 cm³/mol. The average Bonchev–Trinajstić information content (AvgIpc) is 3.24. The maximum Gasteiger partial charge on any atom is 0.254 e. The van der Waals surface area contributed by atoms with Crippen LogP contribution in [0.2, 0.25) is 5.15 Å². The molecule has 5 nitrogen and oxygen atoms in total. The van der Waals surface area contributed by atoms with E-state index in [1.165, 1.54) is 12.8 Å². The summed E-state index contributed by atoms with van der Waals surface area (Å²) < 4.78 is 5.42. The van der Waals surface area contributed by atoms with Crippen LogP contribution in [-0.2, 0) is 4.74 Å². The van der Waals surface area contributed by atoms with Crippen LogP contribution in [0.25, 0.3) is 0 Å². The quantitative estimate of drug-likeness (QED) is 0.775. The van der Waals surface area contributed by atoms with Gasteiger partial charge in [-0.1, -0.05) is 11.6 Å². The van der Waals surface area contributed by atoms with Crippen molar-refractivity contribution in [3.05, 3.63) is 22.8 Å². The molecule has 0 bridgehead atoms. The lowest BCUT2D eigenvalue weighted by atomic mass is 10.1. The maximum absolute atomic E-state index is 12.9. The maximum atomic E-state index is 12.9. The number of hydrogen-bond donors (Lipinski definition) is 0.